The standard InChI is InChI=1S/C29H31Cl3N2O2/c30-25-8-2-22(3-9-25)28(20-33-21-35,23-4-10-26(31)11-5-23)14-1-17-34-18-15-29(36,16-19-34)24-6-12-27(32)13-7-24/h2-13,21,36H,1,14-20H2,(H,33,35). The Hall–Kier alpha value is -2.08. The van der Waals surface area contributed by atoms with Crippen molar-refractivity contribution in [1.82, 2.24) is 10.2 Å². The van der Waals surface area contributed by atoms with Gasteiger partial charge in [-0.3, -0.25) is 4.79 Å². The van der Waals surface area contributed by atoms with Crippen LogP contribution >= 0.6 is 34.8 Å². The first kappa shape index (κ1) is 27.0. The van der Waals surface area contributed by atoms with Gasteiger partial charge in [-0.2, -0.15) is 0 Å². The van der Waals surface area contributed by atoms with E-state index in [1.807, 2.05) is 72.8 Å². The van der Waals surface area contributed by atoms with Crippen LogP contribution in [-0.4, -0.2) is 42.6 Å². The number of hydrogen-bond donors (Lipinski definition) is 2. The number of benzene rings is 3. The summed E-state index contributed by atoms with van der Waals surface area (Å²) in [6, 6.07) is 23.2. The molecule has 1 aliphatic rings. The number of hydrogen-bond acceptors (Lipinski definition) is 3. The van der Waals surface area contributed by atoms with Crippen molar-refractivity contribution in [1.29, 1.82) is 0 Å². The van der Waals surface area contributed by atoms with E-state index in [2.05, 4.69) is 10.2 Å². The van der Waals surface area contributed by atoms with Gasteiger partial charge in [-0.05, 0) is 85.3 Å². The highest BCUT2D eigenvalue weighted by Crippen LogP contribution is 2.38. The van der Waals surface area contributed by atoms with E-state index < -0.39 is 11.0 Å². The van der Waals surface area contributed by atoms with Crippen LogP contribution in [0.5, 0.6) is 0 Å². The minimum absolute atomic E-state index is 0.421. The van der Waals surface area contributed by atoms with Crippen molar-refractivity contribution >= 4 is 41.2 Å². The van der Waals surface area contributed by atoms with Crippen LogP contribution in [0.1, 0.15) is 42.4 Å². The van der Waals surface area contributed by atoms with Gasteiger partial charge in [0.2, 0.25) is 6.41 Å². The van der Waals surface area contributed by atoms with Gasteiger partial charge >= 0.3 is 0 Å². The number of carbonyl (C=O) groups is 1. The number of piperidine rings is 1. The molecule has 0 atom stereocenters. The van der Waals surface area contributed by atoms with Crippen LogP contribution in [0.2, 0.25) is 15.1 Å². The molecule has 0 unspecified atom stereocenters. The van der Waals surface area contributed by atoms with Gasteiger partial charge in [-0.1, -0.05) is 71.2 Å². The number of carbonyl (C=O) groups excluding carboxylic acids is 1. The molecule has 4 nitrogen and oxygen atoms in total. The summed E-state index contributed by atoms with van der Waals surface area (Å²) >= 11 is 18.4. The maximum absolute atomic E-state index is 11.3. The lowest BCUT2D eigenvalue weighted by Gasteiger charge is -2.40. The van der Waals surface area contributed by atoms with Crippen molar-refractivity contribution < 1.29 is 9.90 Å². The molecular weight excluding hydrogens is 515 g/mol. The van der Waals surface area contributed by atoms with Crippen LogP contribution in [0.15, 0.2) is 72.8 Å². The molecule has 1 aliphatic heterocycles. The quantitative estimate of drug-likeness (QED) is 0.288. The molecule has 1 fully saturated rings. The van der Waals surface area contributed by atoms with E-state index in [0.717, 1.165) is 55.6 Å². The van der Waals surface area contributed by atoms with Gasteiger partial charge in [0.25, 0.3) is 0 Å². The number of nitrogens with zero attached hydrogens (tertiary/aromatic N) is 1. The summed E-state index contributed by atoms with van der Waals surface area (Å²) in [5, 5.41) is 16.2. The largest absolute Gasteiger partial charge is 0.385 e. The molecule has 1 amide bonds. The monoisotopic (exact) mass is 544 g/mol. The highest BCUT2D eigenvalue weighted by Gasteiger charge is 2.36. The first-order chi connectivity index (χ1) is 17.3. The van der Waals surface area contributed by atoms with Crippen LogP contribution in [0.25, 0.3) is 0 Å². The average molecular weight is 546 g/mol. The van der Waals surface area contributed by atoms with Gasteiger partial charge in [0.1, 0.15) is 0 Å². The van der Waals surface area contributed by atoms with Gasteiger partial charge in [0.15, 0.2) is 0 Å². The molecule has 1 saturated heterocycles. The highest BCUT2D eigenvalue weighted by atomic mass is 35.5. The van der Waals surface area contributed by atoms with Crippen molar-refractivity contribution in [2.45, 2.75) is 36.7 Å². The topological polar surface area (TPSA) is 52.6 Å². The molecule has 1 heterocycles. The fourth-order valence-electron chi connectivity index (χ4n) is 5.30. The Morgan fingerprint density at radius 2 is 1.31 bits per heavy atom. The van der Waals surface area contributed by atoms with Crippen LogP contribution < -0.4 is 5.32 Å². The molecule has 0 saturated carbocycles. The summed E-state index contributed by atoms with van der Waals surface area (Å²) in [7, 11) is 0. The van der Waals surface area contributed by atoms with Crippen LogP contribution in [-0.2, 0) is 15.8 Å². The maximum Gasteiger partial charge on any atom is 0.207 e. The molecular formula is C29H31Cl3N2O2. The van der Waals surface area contributed by atoms with Crippen molar-refractivity contribution in [3.05, 3.63) is 105 Å². The SMILES string of the molecule is O=CNCC(CCCN1CCC(O)(c2ccc(Cl)cc2)CC1)(c1ccc(Cl)cc1)c1ccc(Cl)cc1. The number of rotatable bonds is 10. The highest BCUT2D eigenvalue weighted by molar-refractivity contribution is 6.31. The molecule has 7 heteroatoms. The van der Waals surface area contributed by atoms with Crippen LogP contribution in [0.3, 0.4) is 0 Å². The minimum Gasteiger partial charge on any atom is -0.385 e. The fraction of sp³-hybridized carbons (Fsp3) is 0.345. The molecule has 0 spiro atoms. The van der Waals surface area contributed by atoms with Crippen LogP contribution in [0.4, 0.5) is 0 Å². The molecule has 2 N–H and O–H groups in total. The summed E-state index contributed by atoms with van der Waals surface area (Å²) in [4.78, 5) is 13.8. The Morgan fingerprint density at radius 1 is 0.833 bits per heavy atom. The Bertz CT molecular complexity index is 1080. The number of likely N-dealkylation sites (tertiary alicyclic amines) is 1. The van der Waals surface area contributed by atoms with Crippen LogP contribution in [0, 0.1) is 0 Å². The molecule has 0 radical (unpaired) electrons. The number of aliphatic hydroxyl groups is 1. The van der Waals surface area contributed by atoms with Gasteiger partial charge in [-0.25, -0.2) is 0 Å². The van der Waals surface area contributed by atoms with E-state index in [9.17, 15) is 9.90 Å². The van der Waals surface area contributed by atoms with Crippen molar-refractivity contribution in [3.63, 3.8) is 0 Å². The first-order valence-corrected chi connectivity index (χ1v) is 13.4. The summed E-state index contributed by atoms with van der Waals surface area (Å²) in [6.45, 7) is 3.01. The lowest BCUT2D eigenvalue weighted by molar-refractivity contribution is -0.109. The summed E-state index contributed by atoms with van der Waals surface area (Å²) in [5.74, 6) is 0. The number of nitrogens with one attached hydrogen (secondary N) is 1. The van der Waals surface area contributed by atoms with Crippen molar-refractivity contribution in [2.75, 3.05) is 26.2 Å². The molecule has 190 valence electrons. The van der Waals surface area contributed by atoms with E-state index in [-0.39, 0.29) is 0 Å². The Balaban J connectivity index is 1.48. The van der Waals surface area contributed by atoms with Crippen molar-refractivity contribution in [2.24, 2.45) is 0 Å². The smallest absolute Gasteiger partial charge is 0.207 e. The van der Waals surface area contributed by atoms with Gasteiger partial charge in [0, 0.05) is 40.1 Å². The van der Waals surface area contributed by atoms with E-state index in [4.69, 9.17) is 34.8 Å². The fourth-order valence-corrected chi connectivity index (χ4v) is 5.68. The lowest BCUT2D eigenvalue weighted by atomic mass is 9.71. The Labute approximate surface area is 228 Å². The first-order valence-electron chi connectivity index (χ1n) is 12.2. The zero-order valence-corrected chi connectivity index (χ0v) is 22.4. The lowest BCUT2D eigenvalue weighted by Crippen LogP contribution is -2.44. The summed E-state index contributed by atoms with van der Waals surface area (Å²) < 4.78 is 0. The van der Waals surface area contributed by atoms with Gasteiger partial charge in [0.05, 0.1) is 5.60 Å². The zero-order chi connectivity index (χ0) is 25.6. The number of amides is 1. The second-order valence-corrected chi connectivity index (χ2v) is 10.9. The van der Waals surface area contributed by atoms with E-state index >= 15 is 0 Å². The molecule has 36 heavy (non-hydrogen) atoms. The minimum atomic E-state index is -0.814. The zero-order valence-electron chi connectivity index (χ0n) is 20.1. The van der Waals surface area contributed by atoms with Gasteiger partial charge in [-0.15, -0.1) is 0 Å². The van der Waals surface area contributed by atoms with E-state index in [1.54, 1.807) is 0 Å². The predicted octanol–water partition coefficient (Wildman–Crippen LogP) is 6.44. The molecule has 0 bridgehead atoms. The molecule has 0 aromatic heterocycles. The van der Waals surface area contributed by atoms with Crippen molar-refractivity contribution in [3.8, 4) is 0 Å². The third-order valence-electron chi connectivity index (χ3n) is 7.42. The van der Waals surface area contributed by atoms with Gasteiger partial charge < -0.3 is 15.3 Å². The molecule has 3 aromatic rings. The Morgan fingerprint density at radius 3 is 1.78 bits per heavy atom. The summed E-state index contributed by atoms with van der Waals surface area (Å²) in [5.41, 5.74) is 1.89. The third kappa shape index (κ3) is 6.24. The third-order valence-corrected chi connectivity index (χ3v) is 8.18. The molecule has 3 aromatic carbocycles. The Kier molecular flexibility index (Phi) is 8.97. The summed E-state index contributed by atoms with van der Waals surface area (Å²) in [6.07, 6.45) is 3.87. The predicted molar refractivity (Wildman–Crippen MR) is 148 cm³/mol. The molecule has 0 aliphatic carbocycles. The average Bonchev–Trinajstić information content (AvgIpc) is 2.89. The van der Waals surface area contributed by atoms with E-state index in [0.29, 0.717) is 34.5 Å². The normalized spacial score (nSPS) is 16.0. The number of halogens is 3. The second kappa shape index (κ2) is 12.0. The second-order valence-electron chi connectivity index (χ2n) is 9.58. The molecule has 4 rings (SSSR count). The van der Waals surface area contributed by atoms with E-state index in [1.165, 1.54) is 0 Å². The maximum atomic E-state index is 11.3.